The average molecular weight is 310 g/mol. The van der Waals surface area contributed by atoms with Gasteiger partial charge in [-0.25, -0.2) is 0 Å². The van der Waals surface area contributed by atoms with Gasteiger partial charge in [0, 0.05) is 17.5 Å². The third kappa shape index (κ3) is 2.84. The van der Waals surface area contributed by atoms with E-state index in [1.54, 1.807) is 0 Å². The zero-order valence-corrected chi connectivity index (χ0v) is 12.9. The Morgan fingerprint density at radius 1 is 1.09 bits per heavy atom. The maximum atomic E-state index is 12.4. The number of benzene rings is 2. The lowest BCUT2D eigenvalue weighted by atomic mass is 9.81. The van der Waals surface area contributed by atoms with Gasteiger partial charge in [-0.3, -0.25) is 9.59 Å². The molecule has 1 saturated heterocycles. The predicted molar refractivity (Wildman–Crippen MR) is 84.5 cm³/mol. The summed E-state index contributed by atoms with van der Waals surface area (Å²) in [6.45, 7) is 0. The van der Waals surface area contributed by atoms with Crippen LogP contribution in [0.2, 0.25) is 0 Å². The molecule has 0 saturated carbocycles. The highest BCUT2D eigenvalue weighted by Crippen LogP contribution is 2.46. The first-order valence-corrected chi connectivity index (χ1v) is 7.56. The molecule has 1 aliphatic rings. The number of carbonyl (C=O) groups excluding carboxylic acids is 2. The van der Waals surface area contributed by atoms with Crippen LogP contribution in [0.5, 0.6) is 0 Å². The maximum absolute atomic E-state index is 12.4. The van der Waals surface area contributed by atoms with Crippen molar-refractivity contribution in [1.82, 2.24) is 0 Å². The molecule has 1 fully saturated rings. The van der Waals surface area contributed by atoms with Crippen LogP contribution in [0.25, 0.3) is 0 Å². The molecule has 4 heteroatoms. The quantitative estimate of drug-likeness (QED) is 0.815. The number of cyclic esters (lactones) is 1. The number of ether oxygens (including phenoxy) is 2. The zero-order valence-electron chi connectivity index (χ0n) is 12.9. The molecule has 0 N–H and O–H groups in total. The normalized spacial score (nSPS) is 19.2. The van der Waals surface area contributed by atoms with E-state index in [9.17, 15) is 9.59 Å². The monoisotopic (exact) mass is 310 g/mol. The largest absolute Gasteiger partial charge is 0.469 e. The van der Waals surface area contributed by atoms with Crippen molar-refractivity contribution in [3.05, 3.63) is 71.8 Å². The van der Waals surface area contributed by atoms with Crippen molar-refractivity contribution in [3.63, 3.8) is 0 Å². The van der Waals surface area contributed by atoms with Crippen LogP contribution in [-0.2, 0) is 24.7 Å². The smallest absolute Gasteiger partial charge is 0.310 e. The molecular weight excluding hydrogens is 292 g/mol. The summed E-state index contributed by atoms with van der Waals surface area (Å²) in [6, 6.07) is 19.3. The molecule has 1 heterocycles. The summed E-state index contributed by atoms with van der Waals surface area (Å²) in [7, 11) is 1.32. The first kappa shape index (κ1) is 15.3. The molecule has 1 aliphatic heterocycles. The molecule has 4 nitrogen and oxygen atoms in total. The van der Waals surface area contributed by atoms with Gasteiger partial charge >= 0.3 is 11.9 Å². The molecule has 1 atom stereocenters. The Kier molecular flexibility index (Phi) is 4.15. The van der Waals surface area contributed by atoms with Gasteiger partial charge in [0.05, 0.1) is 19.4 Å². The van der Waals surface area contributed by atoms with Crippen molar-refractivity contribution in [3.8, 4) is 0 Å². The van der Waals surface area contributed by atoms with E-state index in [4.69, 9.17) is 9.47 Å². The van der Waals surface area contributed by atoms with Crippen molar-refractivity contribution < 1.29 is 19.1 Å². The summed E-state index contributed by atoms with van der Waals surface area (Å²) in [6.07, 6.45) is 0.464. The Bertz CT molecular complexity index is 654. The van der Waals surface area contributed by atoms with Gasteiger partial charge in [-0.1, -0.05) is 60.7 Å². The van der Waals surface area contributed by atoms with Crippen molar-refractivity contribution in [2.75, 3.05) is 7.11 Å². The second-order valence-corrected chi connectivity index (χ2v) is 5.66. The summed E-state index contributed by atoms with van der Waals surface area (Å²) in [5.41, 5.74) is 0.969. The Labute approximate surface area is 135 Å². The Hall–Kier alpha value is -2.62. The summed E-state index contributed by atoms with van der Waals surface area (Å²) in [4.78, 5) is 23.9. The number of rotatable bonds is 4. The lowest BCUT2D eigenvalue weighted by Crippen LogP contribution is -2.27. The average Bonchev–Trinajstić information content (AvgIpc) is 2.94. The third-order valence-corrected chi connectivity index (χ3v) is 4.26. The third-order valence-electron chi connectivity index (χ3n) is 4.26. The molecule has 2 aromatic carbocycles. The molecule has 0 amide bonds. The van der Waals surface area contributed by atoms with Gasteiger partial charge in [0.15, 0.2) is 5.60 Å². The molecule has 3 rings (SSSR count). The van der Waals surface area contributed by atoms with Crippen molar-refractivity contribution in [2.24, 2.45) is 5.92 Å². The van der Waals surface area contributed by atoms with E-state index < -0.39 is 17.5 Å². The number of methoxy groups -OCH3 is 1. The molecule has 0 unspecified atom stereocenters. The van der Waals surface area contributed by atoms with E-state index in [1.807, 2.05) is 60.7 Å². The van der Waals surface area contributed by atoms with E-state index in [1.165, 1.54) is 7.11 Å². The SMILES string of the molecule is COC(=O)C[C@@H]1CC(c2ccccc2)(c2ccccc2)OC1=O. The van der Waals surface area contributed by atoms with Gasteiger partial charge in [-0.05, 0) is 0 Å². The highest BCUT2D eigenvalue weighted by molar-refractivity contribution is 5.82. The van der Waals surface area contributed by atoms with E-state index in [2.05, 4.69) is 0 Å². The van der Waals surface area contributed by atoms with Crippen LogP contribution in [-0.4, -0.2) is 19.0 Å². The van der Waals surface area contributed by atoms with Crippen LogP contribution in [0, 0.1) is 5.92 Å². The highest BCUT2D eigenvalue weighted by Gasteiger charge is 2.49. The fourth-order valence-corrected chi connectivity index (χ4v) is 3.10. The fraction of sp³-hybridized carbons (Fsp3) is 0.263. The summed E-state index contributed by atoms with van der Waals surface area (Å²) < 4.78 is 10.5. The minimum atomic E-state index is -0.849. The van der Waals surface area contributed by atoms with Crippen LogP contribution >= 0.6 is 0 Å². The lowest BCUT2D eigenvalue weighted by Gasteiger charge is -2.29. The number of hydrogen-bond acceptors (Lipinski definition) is 4. The van der Waals surface area contributed by atoms with Crippen LogP contribution in [0.15, 0.2) is 60.7 Å². The van der Waals surface area contributed by atoms with Gasteiger partial charge in [0.25, 0.3) is 0 Å². The molecule has 2 aromatic rings. The van der Waals surface area contributed by atoms with Gasteiger partial charge in [-0.15, -0.1) is 0 Å². The molecule has 118 valence electrons. The minimum absolute atomic E-state index is 0.0384. The molecule has 0 aliphatic carbocycles. The molecule has 23 heavy (non-hydrogen) atoms. The van der Waals surface area contributed by atoms with Gasteiger partial charge in [0.1, 0.15) is 0 Å². The first-order chi connectivity index (χ1) is 11.2. The van der Waals surface area contributed by atoms with E-state index in [0.717, 1.165) is 11.1 Å². The Morgan fingerprint density at radius 3 is 2.09 bits per heavy atom. The topological polar surface area (TPSA) is 52.6 Å². The number of carbonyl (C=O) groups is 2. The highest BCUT2D eigenvalue weighted by atomic mass is 16.6. The van der Waals surface area contributed by atoms with Crippen LogP contribution in [0.3, 0.4) is 0 Å². The van der Waals surface area contributed by atoms with Crippen molar-refractivity contribution in [1.29, 1.82) is 0 Å². The van der Waals surface area contributed by atoms with Crippen molar-refractivity contribution >= 4 is 11.9 Å². The maximum Gasteiger partial charge on any atom is 0.310 e. The van der Waals surface area contributed by atoms with Crippen LogP contribution in [0.4, 0.5) is 0 Å². The predicted octanol–water partition coefficient (Wildman–Crippen LogP) is 3.06. The standard InChI is InChI=1S/C19H18O4/c1-22-17(20)12-14-13-19(23-18(14)21,15-8-4-2-5-9-15)16-10-6-3-7-11-16/h2-11,14H,12-13H2,1H3/t14-/m1/s1. The van der Waals surface area contributed by atoms with E-state index >= 15 is 0 Å². The number of hydrogen-bond donors (Lipinski definition) is 0. The number of esters is 2. The Morgan fingerprint density at radius 2 is 1.61 bits per heavy atom. The van der Waals surface area contributed by atoms with Gasteiger partial charge < -0.3 is 9.47 Å². The van der Waals surface area contributed by atoms with Crippen LogP contribution in [0.1, 0.15) is 24.0 Å². The molecular formula is C19H18O4. The molecule has 0 radical (unpaired) electrons. The first-order valence-electron chi connectivity index (χ1n) is 7.56. The lowest BCUT2D eigenvalue weighted by molar-refractivity contribution is -0.152. The van der Waals surface area contributed by atoms with Crippen LogP contribution < -0.4 is 0 Å². The van der Waals surface area contributed by atoms with E-state index in [0.29, 0.717) is 6.42 Å². The Balaban J connectivity index is 2.02. The van der Waals surface area contributed by atoms with Gasteiger partial charge in [0.2, 0.25) is 0 Å². The van der Waals surface area contributed by atoms with E-state index in [-0.39, 0.29) is 12.4 Å². The fourth-order valence-electron chi connectivity index (χ4n) is 3.10. The zero-order chi connectivity index (χ0) is 16.3. The second-order valence-electron chi connectivity index (χ2n) is 5.66. The van der Waals surface area contributed by atoms with Crippen molar-refractivity contribution in [2.45, 2.75) is 18.4 Å². The second kappa shape index (κ2) is 6.24. The van der Waals surface area contributed by atoms with Gasteiger partial charge in [-0.2, -0.15) is 0 Å². The summed E-state index contributed by atoms with van der Waals surface area (Å²) in [5.74, 6) is -1.25. The minimum Gasteiger partial charge on any atom is -0.469 e. The molecule has 0 aromatic heterocycles. The summed E-state index contributed by atoms with van der Waals surface area (Å²) in [5, 5.41) is 0. The molecule has 0 bridgehead atoms. The summed E-state index contributed by atoms with van der Waals surface area (Å²) >= 11 is 0. The molecule has 0 spiro atoms.